The van der Waals surface area contributed by atoms with Crippen LogP contribution in [0.25, 0.3) is 0 Å². The van der Waals surface area contributed by atoms with Crippen LogP contribution < -0.4 is 16.4 Å². The Bertz CT molecular complexity index is 478. The van der Waals surface area contributed by atoms with E-state index in [1.807, 2.05) is 18.2 Å². The molecule has 0 aromatic heterocycles. The maximum absolute atomic E-state index is 11.4. The number of primary amides is 1. The predicted octanol–water partition coefficient (Wildman–Crippen LogP) is 1.89. The smallest absolute Gasteiger partial charge is 0.222 e. The summed E-state index contributed by atoms with van der Waals surface area (Å²) in [6.45, 7) is 3.25. The van der Waals surface area contributed by atoms with Crippen molar-refractivity contribution in [2.45, 2.75) is 32.4 Å². The zero-order chi connectivity index (χ0) is 14.0. The Hall–Kier alpha value is -1.26. The Morgan fingerprint density at radius 3 is 2.79 bits per heavy atom. The minimum Gasteiger partial charge on any atom is -0.369 e. The summed E-state index contributed by atoms with van der Waals surface area (Å²) in [6, 6.07) is 6.20. The maximum Gasteiger partial charge on any atom is 0.222 e. The normalized spacial score (nSPS) is 23.4. The zero-order valence-electron chi connectivity index (χ0n) is 11.1. The second-order valence-electron chi connectivity index (χ2n) is 5.17. The molecule has 2 rings (SSSR count). The molecule has 1 aromatic carbocycles. The zero-order valence-corrected chi connectivity index (χ0v) is 11.9. The molecule has 0 radical (unpaired) electrons. The molecule has 2 atom stereocenters. The molecular formula is C14H20ClN3O. The van der Waals surface area contributed by atoms with Crippen molar-refractivity contribution in [3.8, 4) is 0 Å². The number of carbonyl (C=O) groups excluding carboxylic acids is 1. The lowest BCUT2D eigenvalue weighted by Crippen LogP contribution is -2.46. The molecule has 0 saturated carbocycles. The summed E-state index contributed by atoms with van der Waals surface area (Å²) in [4.78, 5) is 13.5. The van der Waals surface area contributed by atoms with Crippen molar-refractivity contribution in [3.05, 3.63) is 28.8 Å². The fraction of sp³-hybridized carbons (Fsp3) is 0.500. The van der Waals surface area contributed by atoms with Gasteiger partial charge < -0.3 is 16.4 Å². The van der Waals surface area contributed by atoms with Crippen molar-refractivity contribution in [3.63, 3.8) is 0 Å². The molecule has 1 amide bonds. The number of nitrogens with zero attached hydrogens (tertiary/aromatic N) is 1. The molecular weight excluding hydrogens is 262 g/mol. The van der Waals surface area contributed by atoms with E-state index in [0.717, 1.165) is 24.1 Å². The van der Waals surface area contributed by atoms with Crippen LogP contribution in [0.3, 0.4) is 0 Å². The van der Waals surface area contributed by atoms with Crippen molar-refractivity contribution < 1.29 is 4.79 Å². The number of anilines is 1. The summed E-state index contributed by atoms with van der Waals surface area (Å²) in [7, 11) is 0. The van der Waals surface area contributed by atoms with E-state index in [4.69, 9.17) is 23.1 Å². The Morgan fingerprint density at radius 2 is 2.21 bits per heavy atom. The molecule has 19 heavy (non-hydrogen) atoms. The fourth-order valence-electron chi connectivity index (χ4n) is 2.59. The van der Waals surface area contributed by atoms with Gasteiger partial charge in [0.05, 0.1) is 16.6 Å². The molecule has 2 unspecified atom stereocenters. The first-order valence-electron chi connectivity index (χ1n) is 6.57. The van der Waals surface area contributed by atoms with Gasteiger partial charge in [-0.3, -0.25) is 4.79 Å². The minimum atomic E-state index is -0.230. The lowest BCUT2D eigenvalue weighted by molar-refractivity contribution is -0.122. The first-order valence-corrected chi connectivity index (χ1v) is 6.95. The van der Waals surface area contributed by atoms with Gasteiger partial charge in [0, 0.05) is 19.1 Å². The second-order valence-corrected chi connectivity index (χ2v) is 5.58. The lowest BCUT2D eigenvalue weighted by atomic mass is 9.92. The number of carbonyl (C=O) groups is 1. The monoisotopic (exact) mass is 281 g/mol. The van der Waals surface area contributed by atoms with Gasteiger partial charge in [-0.15, -0.1) is 0 Å². The van der Waals surface area contributed by atoms with Crippen molar-refractivity contribution in [2.24, 2.45) is 17.4 Å². The number of rotatable bonds is 3. The van der Waals surface area contributed by atoms with E-state index in [-0.39, 0.29) is 11.8 Å². The molecule has 4 nitrogen and oxygen atoms in total. The standard InChI is InChI=1S/C14H20ClN3O/c1-9-2-4-11(14(17)19)8-18(9)13-5-3-10(7-16)6-12(13)15/h3,5-6,9,11H,2,4,7-8,16H2,1H3,(H2,17,19). The SMILES string of the molecule is CC1CCC(C(N)=O)CN1c1ccc(CN)cc1Cl. The van der Waals surface area contributed by atoms with E-state index in [0.29, 0.717) is 24.2 Å². The summed E-state index contributed by atoms with van der Waals surface area (Å²) in [5, 5.41) is 0.680. The minimum absolute atomic E-state index is 0.0959. The average molecular weight is 282 g/mol. The number of halogens is 1. The third-order valence-electron chi connectivity index (χ3n) is 3.84. The van der Waals surface area contributed by atoms with E-state index in [9.17, 15) is 4.79 Å². The third-order valence-corrected chi connectivity index (χ3v) is 4.14. The Labute approximate surface area is 118 Å². The summed E-state index contributed by atoms with van der Waals surface area (Å²) < 4.78 is 0. The maximum atomic E-state index is 11.4. The quantitative estimate of drug-likeness (QED) is 0.889. The van der Waals surface area contributed by atoms with E-state index in [1.165, 1.54) is 0 Å². The largest absolute Gasteiger partial charge is 0.369 e. The van der Waals surface area contributed by atoms with Crippen LogP contribution in [0.15, 0.2) is 18.2 Å². The lowest BCUT2D eigenvalue weighted by Gasteiger charge is -2.39. The van der Waals surface area contributed by atoms with Crippen LogP contribution in [0.5, 0.6) is 0 Å². The number of amides is 1. The molecule has 5 heteroatoms. The summed E-state index contributed by atoms with van der Waals surface area (Å²) in [6.07, 6.45) is 1.80. The van der Waals surface area contributed by atoms with Gasteiger partial charge in [-0.2, -0.15) is 0 Å². The molecule has 104 valence electrons. The van der Waals surface area contributed by atoms with Crippen molar-refractivity contribution in [2.75, 3.05) is 11.4 Å². The molecule has 1 aliphatic rings. The molecule has 0 aliphatic carbocycles. The molecule has 0 spiro atoms. The fourth-order valence-corrected chi connectivity index (χ4v) is 2.90. The molecule has 1 fully saturated rings. The predicted molar refractivity (Wildman–Crippen MR) is 78.1 cm³/mol. The first-order chi connectivity index (χ1) is 9.02. The molecule has 1 saturated heterocycles. The molecule has 1 aromatic rings. The van der Waals surface area contributed by atoms with Gasteiger partial charge in [0.25, 0.3) is 0 Å². The van der Waals surface area contributed by atoms with Crippen molar-refractivity contribution >= 4 is 23.2 Å². The molecule has 0 bridgehead atoms. The van der Waals surface area contributed by atoms with E-state index in [1.54, 1.807) is 0 Å². The van der Waals surface area contributed by atoms with Gasteiger partial charge in [0.15, 0.2) is 0 Å². The number of hydrogen-bond acceptors (Lipinski definition) is 3. The number of benzene rings is 1. The highest BCUT2D eigenvalue weighted by Crippen LogP contribution is 2.33. The third kappa shape index (κ3) is 3.01. The van der Waals surface area contributed by atoms with Crippen molar-refractivity contribution in [1.29, 1.82) is 0 Å². The van der Waals surface area contributed by atoms with Crippen LogP contribution >= 0.6 is 11.6 Å². The Kier molecular flexibility index (Phi) is 4.32. The first kappa shape index (κ1) is 14.2. The van der Waals surface area contributed by atoms with Gasteiger partial charge >= 0.3 is 0 Å². The van der Waals surface area contributed by atoms with Crippen LogP contribution in [-0.4, -0.2) is 18.5 Å². The van der Waals surface area contributed by atoms with Crippen LogP contribution in [0, 0.1) is 5.92 Å². The van der Waals surface area contributed by atoms with Gasteiger partial charge in [0.2, 0.25) is 5.91 Å². The van der Waals surface area contributed by atoms with Crippen LogP contribution in [0.1, 0.15) is 25.3 Å². The molecule has 1 heterocycles. The van der Waals surface area contributed by atoms with Gasteiger partial charge in [0.1, 0.15) is 0 Å². The summed E-state index contributed by atoms with van der Waals surface area (Å²) >= 11 is 6.32. The summed E-state index contributed by atoms with van der Waals surface area (Å²) in [5.74, 6) is -0.326. The highest BCUT2D eigenvalue weighted by molar-refractivity contribution is 6.33. The van der Waals surface area contributed by atoms with Gasteiger partial charge in [-0.1, -0.05) is 17.7 Å². The topological polar surface area (TPSA) is 72.4 Å². The molecule has 1 aliphatic heterocycles. The van der Waals surface area contributed by atoms with Gasteiger partial charge in [-0.25, -0.2) is 0 Å². The van der Waals surface area contributed by atoms with E-state index < -0.39 is 0 Å². The number of nitrogens with two attached hydrogens (primary N) is 2. The number of hydrogen-bond donors (Lipinski definition) is 2. The highest BCUT2D eigenvalue weighted by atomic mass is 35.5. The Morgan fingerprint density at radius 1 is 1.47 bits per heavy atom. The highest BCUT2D eigenvalue weighted by Gasteiger charge is 2.29. The second kappa shape index (κ2) is 5.80. The van der Waals surface area contributed by atoms with E-state index >= 15 is 0 Å². The Balaban J connectivity index is 2.25. The average Bonchev–Trinajstić information content (AvgIpc) is 2.39. The van der Waals surface area contributed by atoms with E-state index in [2.05, 4.69) is 11.8 Å². The number of piperidine rings is 1. The van der Waals surface area contributed by atoms with Crippen LogP contribution in [0.4, 0.5) is 5.69 Å². The molecule has 4 N–H and O–H groups in total. The van der Waals surface area contributed by atoms with Crippen LogP contribution in [0.2, 0.25) is 5.02 Å². The van der Waals surface area contributed by atoms with Gasteiger partial charge in [-0.05, 0) is 37.5 Å². The van der Waals surface area contributed by atoms with Crippen molar-refractivity contribution in [1.82, 2.24) is 0 Å². The van der Waals surface area contributed by atoms with Crippen LogP contribution in [-0.2, 0) is 11.3 Å². The summed E-state index contributed by atoms with van der Waals surface area (Å²) in [5.41, 5.74) is 13.0.